The Hall–Kier alpha value is -1.92. The van der Waals surface area contributed by atoms with Crippen LogP contribution in [0.25, 0.3) is 0 Å². The topological polar surface area (TPSA) is 102 Å². The number of hydrogen-bond donors (Lipinski definition) is 3. The fourth-order valence-corrected chi connectivity index (χ4v) is 1.23. The molecule has 1 rings (SSSR count). The van der Waals surface area contributed by atoms with E-state index in [2.05, 4.69) is 5.32 Å². The van der Waals surface area contributed by atoms with Crippen molar-refractivity contribution in [2.75, 3.05) is 19.0 Å². The van der Waals surface area contributed by atoms with Crippen LogP contribution in [0.5, 0.6) is 0 Å². The number of nitrogens with one attached hydrogen (secondary N) is 1. The summed E-state index contributed by atoms with van der Waals surface area (Å²) in [5, 5.41) is 11.3. The summed E-state index contributed by atoms with van der Waals surface area (Å²) in [5.74, 6) is -1.38. The van der Waals surface area contributed by atoms with Gasteiger partial charge in [0.1, 0.15) is 6.10 Å². The molecule has 92 valence electrons. The van der Waals surface area contributed by atoms with Crippen molar-refractivity contribution in [3.63, 3.8) is 0 Å². The van der Waals surface area contributed by atoms with Crippen molar-refractivity contribution < 1.29 is 19.4 Å². The summed E-state index contributed by atoms with van der Waals surface area (Å²) in [6.45, 7) is 0.0789. The molecule has 0 radical (unpaired) electrons. The summed E-state index contributed by atoms with van der Waals surface area (Å²) in [7, 11) is 1.39. The fraction of sp³-hybridized carbons (Fsp3) is 0.273. The Labute approximate surface area is 98.4 Å². The van der Waals surface area contributed by atoms with Crippen LogP contribution in [0.2, 0.25) is 0 Å². The molecule has 0 aliphatic heterocycles. The minimum Gasteiger partial charge on any atom is -0.478 e. The standard InChI is InChI=1S/C11H14N2O4/c1-17-9(6-12)10(14)13-8-4-2-7(3-5-8)11(15)16/h2-5,9H,6,12H2,1H3,(H,13,14)(H,15,16). The fourth-order valence-electron chi connectivity index (χ4n) is 1.23. The van der Waals surface area contributed by atoms with E-state index in [1.807, 2.05) is 0 Å². The van der Waals surface area contributed by atoms with Crippen molar-refractivity contribution in [2.24, 2.45) is 5.73 Å². The molecule has 1 unspecified atom stereocenters. The summed E-state index contributed by atoms with van der Waals surface area (Å²) in [6.07, 6.45) is -0.714. The number of carbonyl (C=O) groups excluding carboxylic acids is 1. The van der Waals surface area contributed by atoms with Gasteiger partial charge in [0.25, 0.3) is 5.91 Å². The maximum atomic E-state index is 11.6. The minimum absolute atomic E-state index is 0.0789. The number of carboxylic acid groups (broad SMARTS) is 1. The highest BCUT2D eigenvalue weighted by atomic mass is 16.5. The second-order valence-electron chi connectivity index (χ2n) is 3.33. The van der Waals surface area contributed by atoms with Gasteiger partial charge in [-0.2, -0.15) is 0 Å². The maximum Gasteiger partial charge on any atom is 0.335 e. The molecule has 0 aliphatic rings. The molecule has 17 heavy (non-hydrogen) atoms. The van der Waals surface area contributed by atoms with Crippen LogP contribution in [0.15, 0.2) is 24.3 Å². The molecular formula is C11H14N2O4. The van der Waals surface area contributed by atoms with Crippen molar-refractivity contribution >= 4 is 17.6 Å². The zero-order chi connectivity index (χ0) is 12.8. The second kappa shape index (κ2) is 5.97. The van der Waals surface area contributed by atoms with Gasteiger partial charge in [0, 0.05) is 19.3 Å². The highest BCUT2D eigenvalue weighted by molar-refractivity contribution is 5.95. The number of aromatic carboxylic acids is 1. The molecule has 1 aromatic carbocycles. The second-order valence-corrected chi connectivity index (χ2v) is 3.33. The van der Waals surface area contributed by atoms with Gasteiger partial charge in [-0.05, 0) is 24.3 Å². The van der Waals surface area contributed by atoms with Crippen LogP contribution in [0.1, 0.15) is 10.4 Å². The molecular weight excluding hydrogens is 224 g/mol. The molecule has 4 N–H and O–H groups in total. The Morgan fingerprint density at radius 2 is 2.00 bits per heavy atom. The lowest BCUT2D eigenvalue weighted by atomic mass is 10.2. The summed E-state index contributed by atoms with van der Waals surface area (Å²) in [6, 6.07) is 5.82. The predicted molar refractivity (Wildman–Crippen MR) is 61.9 cm³/mol. The van der Waals surface area contributed by atoms with Crippen molar-refractivity contribution in [1.29, 1.82) is 0 Å². The average Bonchev–Trinajstić information content (AvgIpc) is 2.31. The van der Waals surface area contributed by atoms with Crippen molar-refractivity contribution in [1.82, 2.24) is 0 Å². The highest BCUT2D eigenvalue weighted by Crippen LogP contribution is 2.10. The molecule has 0 bridgehead atoms. The van der Waals surface area contributed by atoms with E-state index in [4.69, 9.17) is 15.6 Å². The van der Waals surface area contributed by atoms with Gasteiger partial charge in [-0.1, -0.05) is 0 Å². The lowest BCUT2D eigenvalue weighted by molar-refractivity contribution is -0.125. The molecule has 1 atom stereocenters. The van der Waals surface area contributed by atoms with Crippen molar-refractivity contribution in [2.45, 2.75) is 6.10 Å². The Kier molecular flexibility index (Phi) is 4.62. The van der Waals surface area contributed by atoms with Crippen molar-refractivity contribution in [3.05, 3.63) is 29.8 Å². The normalized spacial score (nSPS) is 11.9. The Morgan fingerprint density at radius 3 is 2.41 bits per heavy atom. The van der Waals surface area contributed by atoms with Gasteiger partial charge in [-0.15, -0.1) is 0 Å². The highest BCUT2D eigenvalue weighted by Gasteiger charge is 2.15. The van der Waals surface area contributed by atoms with Gasteiger partial charge < -0.3 is 20.9 Å². The van der Waals surface area contributed by atoms with Gasteiger partial charge in [-0.25, -0.2) is 4.79 Å². The zero-order valence-electron chi connectivity index (χ0n) is 9.34. The van der Waals surface area contributed by atoms with Crippen LogP contribution >= 0.6 is 0 Å². The number of hydrogen-bond acceptors (Lipinski definition) is 4. The lowest BCUT2D eigenvalue weighted by Gasteiger charge is -2.12. The molecule has 0 fully saturated rings. The summed E-state index contributed by atoms with van der Waals surface area (Å²) in [5.41, 5.74) is 5.99. The number of benzene rings is 1. The molecule has 6 nitrogen and oxygen atoms in total. The third kappa shape index (κ3) is 3.54. The molecule has 1 amide bonds. The number of anilines is 1. The van der Waals surface area contributed by atoms with Crippen LogP contribution < -0.4 is 11.1 Å². The van der Waals surface area contributed by atoms with Crippen LogP contribution in [0.4, 0.5) is 5.69 Å². The Balaban J connectivity index is 2.69. The largest absolute Gasteiger partial charge is 0.478 e. The Morgan fingerprint density at radius 1 is 1.41 bits per heavy atom. The van der Waals surface area contributed by atoms with E-state index in [1.165, 1.54) is 31.4 Å². The molecule has 0 spiro atoms. The molecule has 0 aromatic heterocycles. The van der Waals surface area contributed by atoms with Crippen LogP contribution in [0.3, 0.4) is 0 Å². The first kappa shape index (κ1) is 13.1. The van der Waals surface area contributed by atoms with E-state index in [9.17, 15) is 9.59 Å². The van der Waals surface area contributed by atoms with Gasteiger partial charge in [-0.3, -0.25) is 4.79 Å². The number of rotatable bonds is 5. The molecule has 0 heterocycles. The first-order valence-corrected chi connectivity index (χ1v) is 4.95. The monoisotopic (exact) mass is 238 g/mol. The van der Waals surface area contributed by atoms with Crippen LogP contribution in [-0.4, -0.2) is 36.7 Å². The number of nitrogens with two attached hydrogens (primary N) is 1. The van der Waals surface area contributed by atoms with E-state index < -0.39 is 12.1 Å². The molecule has 1 aromatic rings. The first-order chi connectivity index (χ1) is 8.08. The smallest absolute Gasteiger partial charge is 0.335 e. The average molecular weight is 238 g/mol. The predicted octanol–water partition coefficient (Wildman–Crippen LogP) is 0.297. The van der Waals surface area contributed by atoms with Crippen LogP contribution in [0, 0.1) is 0 Å². The van der Waals surface area contributed by atoms with Gasteiger partial charge in [0.05, 0.1) is 5.56 Å². The van der Waals surface area contributed by atoms with Crippen LogP contribution in [-0.2, 0) is 9.53 Å². The van der Waals surface area contributed by atoms with E-state index in [0.717, 1.165) is 0 Å². The molecule has 6 heteroatoms. The first-order valence-electron chi connectivity index (χ1n) is 4.95. The Bertz CT molecular complexity index is 398. The van der Waals surface area contributed by atoms with E-state index in [-0.39, 0.29) is 18.0 Å². The number of amides is 1. The molecule has 0 saturated heterocycles. The number of ether oxygens (including phenoxy) is 1. The number of carbonyl (C=O) groups is 2. The third-order valence-corrected chi connectivity index (χ3v) is 2.19. The summed E-state index contributed by atoms with van der Waals surface area (Å²) < 4.78 is 4.86. The zero-order valence-corrected chi connectivity index (χ0v) is 9.34. The lowest BCUT2D eigenvalue weighted by Crippen LogP contribution is -2.35. The van der Waals surface area contributed by atoms with E-state index in [0.29, 0.717) is 5.69 Å². The molecule has 0 aliphatic carbocycles. The van der Waals surface area contributed by atoms with Gasteiger partial charge in [0.2, 0.25) is 0 Å². The quantitative estimate of drug-likeness (QED) is 0.684. The number of carboxylic acids is 1. The van der Waals surface area contributed by atoms with Gasteiger partial charge >= 0.3 is 5.97 Å². The molecule has 0 saturated carbocycles. The van der Waals surface area contributed by atoms with Crippen molar-refractivity contribution in [3.8, 4) is 0 Å². The van der Waals surface area contributed by atoms with E-state index in [1.54, 1.807) is 0 Å². The summed E-state index contributed by atoms with van der Waals surface area (Å²) >= 11 is 0. The minimum atomic E-state index is -1.01. The summed E-state index contributed by atoms with van der Waals surface area (Å²) in [4.78, 5) is 22.2. The van der Waals surface area contributed by atoms with Gasteiger partial charge in [0.15, 0.2) is 0 Å². The SMILES string of the molecule is COC(CN)C(=O)Nc1ccc(C(=O)O)cc1. The van der Waals surface area contributed by atoms with E-state index >= 15 is 0 Å². The number of methoxy groups -OCH3 is 1. The third-order valence-electron chi connectivity index (χ3n) is 2.19. The maximum absolute atomic E-state index is 11.6.